The van der Waals surface area contributed by atoms with Gasteiger partial charge in [-0.2, -0.15) is 13.2 Å². The van der Waals surface area contributed by atoms with Gasteiger partial charge in [0.1, 0.15) is 16.6 Å². The number of benzene rings is 1. The van der Waals surface area contributed by atoms with E-state index in [1.54, 1.807) is 0 Å². The molecule has 2 aromatic rings. The molecule has 0 bridgehead atoms. The third kappa shape index (κ3) is 5.72. The lowest BCUT2D eigenvalue weighted by Crippen LogP contribution is -2.27. The monoisotopic (exact) mass is 498 g/mol. The first-order chi connectivity index (χ1) is 16.0. The molecule has 0 spiro atoms. The maximum absolute atomic E-state index is 13.5. The molecule has 2 fully saturated rings. The second kappa shape index (κ2) is 9.83. The van der Waals surface area contributed by atoms with Crippen LogP contribution in [0.1, 0.15) is 56.0 Å². The van der Waals surface area contributed by atoms with E-state index >= 15 is 0 Å². The molecule has 1 amide bonds. The van der Waals surface area contributed by atoms with Crippen LogP contribution in [0.15, 0.2) is 34.8 Å². The van der Waals surface area contributed by atoms with Crippen LogP contribution in [-0.2, 0) is 22.2 Å². The summed E-state index contributed by atoms with van der Waals surface area (Å²) in [5, 5.41) is 5.18. The highest BCUT2D eigenvalue weighted by Gasteiger charge is 2.34. The summed E-state index contributed by atoms with van der Waals surface area (Å²) >= 11 is 0. The Bertz CT molecular complexity index is 1090. The topological polar surface area (TPSA) is 64.9 Å². The quantitative estimate of drug-likeness (QED) is 0.609. The first-order valence-electron chi connectivity index (χ1n) is 11.5. The smallest absolute Gasteiger partial charge is 0.416 e. The third-order valence-electron chi connectivity index (χ3n) is 5.95. The number of rotatable bonds is 5. The van der Waals surface area contributed by atoms with E-state index in [-0.39, 0.29) is 28.3 Å². The van der Waals surface area contributed by atoms with Crippen molar-refractivity contribution in [1.82, 2.24) is 9.88 Å². The van der Waals surface area contributed by atoms with Gasteiger partial charge in [0.05, 0.1) is 30.0 Å². The van der Waals surface area contributed by atoms with Crippen LogP contribution in [0.25, 0.3) is 0 Å². The van der Waals surface area contributed by atoms with Crippen molar-refractivity contribution >= 4 is 16.4 Å². The van der Waals surface area contributed by atoms with Crippen LogP contribution in [0.2, 0.25) is 0 Å². The van der Waals surface area contributed by atoms with Crippen LogP contribution < -0.4 is 14.9 Å². The van der Waals surface area contributed by atoms with Crippen LogP contribution in [-0.4, -0.2) is 42.4 Å². The van der Waals surface area contributed by atoms with Crippen molar-refractivity contribution in [2.45, 2.75) is 69.7 Å². The normalized spacial score (nSPS) is 22.4. The highest BCUT2D eigenvalue weighted by molar-refractivity contribution is 7.29. The number of nitrogens with one attached hydrogen (secondary N) is 1. The minimum absolute atomic E-state index is 0.0378. The zero-order chi connectivity index (χ0) is 24.5. The molecule has 34 heavy (non-hydrogen) atoms. The summed E-state index contributed by atoms with van der Waals surface area (Å²) in [5.41, 5.74) is -1.07. The Labute approximate surface area is 199 Å². The van der Waals surface area contributed by atoms with Gasteiger partial charge in [0.15, 0.2) is 5.38 Å². The Kier molecular flexibility index (Phi) is 7.21. The minimum atomic E-state index is -4.58. The van der Waals surface area contributed by atoms with Gasteiger partial charge in [-0.25, -0.2) is 0 Å². The van der Waals surface area contributed by atoms with E-state index in [2.05, 4.69) is 31.1 Å². The second-order valence-corrected chi connectivity index (χ2v) is 12.2. The highest BCUT2D eigenvalue weighted by Crippen LogP contribution is 2.35. The molecule has 1 unspecified atom stereocenters. The summed E-state index contributed by atoms with van der Waals surface area (Å²) < 4.78 is 53.7. The summed E-state index contributed by atoms with van der Waals surface area (Å²) in [6, 6.07) is 3.03. The van der Waals surface area contributed by atoms with E-state index in [1.165, 1.54) is 6.07 Å². The number of thiazole rings is 1. The van der Waals surface area contributed by atoms with E-state index in [4.69, 9.17) is 9.47 Å². The van der Waals surface area contributed by atoms with Crippen molar-refractivity contribution in [3.63, 3.8) is 0 Å². The Morgan fingerprint density at radius 3 is 2.71 bits per heavy atom. The minimum Gasteiger partial charge on any atom is -0.488 e. The number of carbonyl (C=O) groups is 1. The average molecular weight is 499 g/mol. The highest BCUT2D eigenvalue weighted by atomic mass is 32.2. The standard InChI is InChI=1S/C24H31F3N3O3S/c1-23(2,3)34-12-10-30(15-18-5-4-11-32-18)22(34)29-21(31)19-13-16(24(25,26)27)6-7-20(19)33-17-8-9-28-14-17/h6-7,10,12-13,17-18,28H,4-5,8-9,11,14-15H2,1-3H3/q+1/t17-,18+,34?/m0/s1. The van der Waals surface area contributed by atoms with Crippen LogP contribution in [0.3, 0.4) is 0 Å². The first-order valence-corrected chi connectivity index (χ1v) is 12.8. The number of aromatic nitrogens is 1. The Morgan fingerprint density at radius 1 is 1.29 bits per heavy atom. The van der Waals surface area contributed by atoms with Crippen molar-refractivity contribution in [2.24, 2.45) is 4.99 Å². The van der Waals surface area contributed by atoms with Crippen molar-refractivity contribution < 1.29 is 27.4 Å². The molecule has 4 rings (SSSR count). The molecule has 1 aromatic heterocycles. The van der Waals surface area contributed by atoms with Gasteiger partial charge in [-0.05, 0) is 64.8 Å². The Hall–Kier alpha value is -2.17. The van der Waals surface area contributed by atoms with Crippen molar-refractivity contribution in [1.29, 1.82) is 0 Å². The molecular weight excluding hydrogens is 467 g/mol. The van der Waals surface area contributed by atoms with Crippen molar-refractivity contribution in [2.75, 3.05) is 19.7 Å². The average Bonchev–Trinajstić information content (AvgIpc) is 3.51. The summed E-state index contributed by atoms with van der Waals surface area (Å²) in [6.07, 6.45) is -0.201. The lowest BCUT2D eigenvalue weighted by molar-refractivity contribution is -0.137. The fourth-order valence-electron chi connectivity index (χ4n) is 4.15. The predicted octanol–water partition coefficient (Wildman–Crippen LogP) is 4.67. The lowest BCUT2D eigenvalue weighted by Gasteiger charge is -2.16. The molecule has 10 heteroatoms. The summed E-state index contributed by atoms with van der Waals surface area (Å²) in [5.74, 6) is -0.604. The molecular formula is C24H31F3N3O3S+. The Morgan fingerprint density at radius 2 is 2.09 bits per heavy atom. The fraction of sp³-hybridized carbons (Fsp3) is 0.583. The molecule has 0 saturated carbocycles. The number of hydrogen-bond acceptors (Lipinski definition) is 4. The van der Waals surface area contributed by atoms with Crippen LogP contribution in [0.5, 0.6) is 5.75 Å². The maximum Gasteiger partial charge on any atom is 0.416 e. The van der Waals surface area contributed by atoms with Gasteiger partial charge < -0.3 is 14.8 Å². The number of carbonyl (C=O) groups excluding carboxylic acids is 1. The first kappa shape index (κ1) is 24.9. The number of halogens is 3. The van der Waals surface area contributed by atoms with Gasteiger partial charge in [0, 0.05) is 23.6 Å². The van der Waals surface area contributed by atoms with Crippen LogP contribution >= 0.6 is 10.5 Å². The van der Waals surface area contributed by atoms with E-state index in [1.807, 2.05) is 16.1 Å². The lowest BCUT2D eigenvalue weighted by atomic mass is 10.1. The summed E-state index contributed by atoms with van der Waals surface area (Å²) in [6.45, 7) is 8.78. The number of nitrogens with zero attached hydrogens (tertiary/aromatic N) is 2. The van der Waals surface area contributed by atoms with Crippen molar-refractivity contribution in [3.8, 4) is 5.75 Å². The molecule has 1 N–H and O–H groups in total. The number of amides is 1. The molecule has 0 aliphatic carbocycles. The van der Waals surface area contributed by atoms with Gasteiger partial charge in [-0.15, -0.1) is 4.99 Å². The molecule has 2 aliphatic rings. The predicted molar refractivity (Wildman–Crippen MR) is 124 cm³/mol. The van der Waals surface area contributed by atoms with Crippen LogP contribution in [0, 0.1) is 0 Å². The Balaban J connectivity index is 1.77. The van der Waals surface area contributed by atoms with E-state index in [0.29, 0.717) is 24.5 Å². The van der Waals surface area contributed by atoms with E-state index in [9.17, 15) is 18.0 Å². The molecule has 3 atom stereocenters. The number of ether oxygens (including phenoxy) is 2. The van der Waals surface area contributed by atoms with Gasteiger partial charge in [0.2, 0.25) is 0 Å². The zero-order valence-electron chi connectivity index (χ0n) is 19.7. The fourth-order valence-corrected chi connectivity index (χ4v) is 6.07. The van der Waals surface area contributed by atoms with Gasteiger partial charge in [0.25, 0.3) is 5.91 Å². The van der Waals surface area contributed by atoms with E-state index in [0.717, 1.165) is 37.9 Å². The summed E-state index contributed by atoms with van der Waals surface area (Å²) in [7, 11) is -0.494. The molecule has 2 saturated heterocycles. The summed E-state index contributed by atoms with van der Waals surface area (Å²) in [4.78, 5) is 18.4. The molecule has 6 nitrogen and oxygen atoms in total. The van der Waals surface area contributed by atoms with Gasteiger partial charge in [-0.3, -0.25) is 9.36 Å². The SMILES string of the molecule is CC(C)(C)[s+]1ccn(C[C@H]2CCCO2)c1=NC(=O)c1cc(C(F)(F)F)ccc1O[C@H]1CCNC1. The molecule has 2 aliphatic heterocycles. The zero-order valence-corrected chi connectivity index (χ0v) is 20.5. The molecule has 0 radical (unpaired) electrons. The second-order valence-electron chi connectivity index (χ2n) is 9.66. The largest absolute Gasteiger partial charge is 0.488 e. The number of hydrogen-bond donors (Lipinski definition) is 1. The third-order valence-corrected chi connectivity index (χ3v) is 8.38. The molecule has 1 aromatic carbocycles. The van der Waals surface area contributed by atoms with Crippen molar-refractivity contribution in [3.05, 3.63) is 45.7 Å². The van der Waals surface area contributed by atoms with Gasteiger partial charge in [-0.1, -0.05) is 0 Å². The molecule has 186 valence electrons. The van der Waals surface area contributed by atoms with E-state index < -0.39 is 28.1 Å². The van der Waals surface area contributed by atoms with Crippen LogP contribution in [0.4, 0.5) is 13.2 Å². The molecule has 3 heterocycles. The van der Waals surface area contributed by atoms with Gasteiger partial charge >= 0.3 is 11.0 Å². The maximum atomic E-state index is 13.5. The number of alkyl halides is 3.